The summed E-state index contributed by atoms with van der Waals surface area (Å²) >= 11 is 0. The first-order chi connectivity index (χ1) is 6.72. The Kier molecular flexibility index (Phi) is 4.55. The number of aliphatic hydroxyl groups is 1. The van der Waals surface area contributed by atoms with E-state index in [0.717, 1.165) is 0 Å². The van der Waals surface area contributed by atoms with Crippen LogP contribution in [0.15, 0.2) is 22.8 Å². The maximum Gasteiger partial charge on any atom is 0.251 e. The zero-order valence-electron chi connectivity index (χ0n) is 7.70. The van der Waals surface area contributed by atoms with Gasteiger partial charge in [0.1, 0.15) is 5.76 Å². The van der Waals surface area contributed by atoms with Crippen molar-refractivity contribution >= 4 is 0 Å². The van der Waals surface area contributed by atoms with E-state index in [1.165, 1.54) is 11.2 Å². The zero-order valence-corrected chi connectivity index (χ0v) is 7.70. The Morgan fingerprint density at radius 2 is 2.29 bits per heavy atom. The minimum absolute atomic E-state index is 0.132. The number of alkyl halides is 2. The molecular formula is C9H13F2NO2. The number of halogens is 2. The summed E-state index contributed by atoms with van der Waals surface area (Å²) in [7, 11) is 0. The molecule has 0 spiro atoms. The summed E-state index contributed by atoms with van der Waals surface area (Å²) in [5, 5.41) is 8.66. The van der Waals surface area contributed by atoms with Gasteiger partial charge in [-0.3, -0.25) is 4.90 Å². The molecule has 1 heterocycles. The summed E-state index contributed by atoms with van der Waals surface area (Å²) in [5.41, 5.74) is 0. The average Bonchev–Trinajstić information content (AvgIpc) is 2.56. The van der Waals surface area contributed by atoms with Gasteiger partial charge < -0.3 is 9.52 Å². The highest BCUT2D eigenvalue weighted by molar-refractivity contribution is 4.97. The molecule has 0 aliphatic heterocycles. The minimum atomic E-state index is -2.39. The van der Waals surface area contributed by atoms with Gasteiger partial charge in [-0.15, -0.1) is 0 Å². The van der Waals surface area contributed by atoms with Crippen LogP contribution in [0.25, 0.3) is 0 Å². The number of hydrogen-bond donors (Lipinski definition) is 1. The van der Waals surface area contributed by atoms with Crippen LogP contribution in [-0.4, -0.2) is 36.1 Å². The third kappa shape index (κ3) is 3.85. The number of nitrogens with zero attached hydrogens (tertiary/aromatic N) is 1. The average molecular weight is 205 g/mol. The van der Waals surface area contributed by atoms with Crippen LogP contribution in [0.2, 0.25) is 0 Å². The van der Waals surface area contributed by atoms with E-state index in [1.807, 2.05) is 0 Å². The summed E-state index contributed by atoms with van der Waals surface area (Å²) in [5.74, 6) is 0.624. The van der Waals surface area contributed by atoms with E-state index in [0.29, 0.717) is 12.3 Å². The van der Waals surface area contributed by atoms with Crippen LogP contribution in [0.4, 0.5) is 8.78 Å². The molecule has 0 atom stereocenters. The molecule has 0 fully saturated rings. The third-order valence-corrected chi connectivity index (χ3v) is 1.77. The molecule has 1 rings (SSSR count). The van der Waals surface area contributed by atoms with E-state index in [1.54, 1.807) is 12.1 Å². The second-order valence-corrected chi connectivity index (χ2v) is 2.93. The van der Waals surface area contributed by atoms with Gasteiger partial charge in [0.2, 0.25) is 0 Å². The molecule has 0 saturated heterocycles. The number of rotatable bonds is 6. The van der Waals surface area contributed by atoms with E-state index in [-0.39, 0.29) is 19.7 Å². The van der Waals surface area contributed by atoms with Crippen LogP contribution in [-0.2, 0) is 6.54 Å². The summed E-state index contributed by atoms with van der Waals surface area (Å²) < 4.78 is 29.2. The highest BCUT2D eigenvalue weighted by Crippen LogP contribution is 2.07. The first-order valence-corrected chi connectivity index (χ1v) is 4.36. The van der Waals surface area contributed by atoms with Crippen LogP contribution in [0.5, 0.6) is 0 Å². The van der Waals surface area contributed by atoms with E-state index < -0.39 is 6.43 Å². The molecule has 0 unspecified atom stereocenters. The molecule has 0 bridgehead atoms. The summed E-state index contributed by atoms with van der Waals surface area (Å²) in [4.78, 5) is 1.45. The maximum absolute atomic E-state index is 12.1. The van der Waals surface area contributed by atoms with Crippen molar-refractivity contribution in [2.24, 2.45) is 0 Å². The quantitative estimate of drug-likeness (QED) is 0.761. The normalized spacial score (nSPS) is 11.5. The van der Waals surface area contributed by atoms with Crippen LogP contribution >= 0.6 is 0 Å². The second kappa shape index (κ2) is 5.72. The summed E-state index contributed by atoms with van der Waals surface area (Å²) in [6.45, 7) is 0.0532. The highest BCUT2D eigenvalue weighted by atomic mass is 19.3. The molecule has 5 heteroatoms. The molecule has 3 nitrogen and oxygen atoms in total. The smallest absolute Gasteiger partial charge is 0.251 e. The van der Waals surface area contributed by atoms with Gasteiger partial charge in [0.25, 0.3) is 6.43 Å². The molecule has 0 amide bonds. The van der Waals surface area contributed by atoms with Crippen LogP contribution in [0, 0.1) is 0 Å². The van der Waals surface area contributed by atoms with Crippen molar-refractivity contribution in [3.8, 4) is 0 Å². The van der Waals surface area contributed by atoms with Gasteiger partial charge in [-0.2, -0.15) is 0 Å². The second-order valence-electron chi connectivity index (χ2n) is 2.93. The molecule has 0 radical (unpaired) electrons. The van der Waals surface area contributed by atoms with Gasteiger partial charge in [-0.05, 0) is 12.1 Å². The lowest BCUT2D eigenvalue weighted by Crippen LogP contribution is -2.31. The van der Waals surface area contributed by atoms with E-state index in [9.17, 15) is 8.78 Å². The van der Waals surface area contributed by atoms with Gasteiger partial charge in [0, 0.05) is 6.54 Å². The minimum Gasteiger partial charge on any atom is -0.468 e. The Morgan fingerprint density at radius 3 is 2.79 bits per heavy atom. The molecule has 14 heavy (non-hydrogen) atoms. The molecule has 1 N–H and O–H groups in total. The van der Waals surface area contributed by atoms with Crippen LogP contribution in [0.3, 0.4) is 0 Å². The lowest BCUT2D eigenvalue weighted by molar-refractivity contribution is 0.0712. The predicted molar refractivity (Wildman–Crippen MR) is 47.1 cm³/mol. The Labute approximate surface area is 80.9 Å². The molecule has 0 aliphatic rings. The Bertz CT molecular complexity index is 239. The van der Waals surface area contributed by atoms with Gasteiger partial charge in [-0.25, -0.2) is 8.78 Å². The first-order valence-electron chi connectivity index (χ1n) is 4.36. The van der Waals surface area contributed by atoms with Crippen molar-refractivity contribution in [3.05, 3.63) is 24.2 Å². The molecular weight excluding hydrogens is 192 g/mol. The number of hydrogen-bond acceptors (Lipinski definition) is 3. The van der Waals surface area contributed by atoms with Crippen molar-refractivity contribution < 1.29 is 18.3 Å². The van der Waals surface area contributed by atoms with E-state index in [4.69, 9.17) is 9.52 Å². The van der Waals surface area contributed by atoms with Crippen LogP contribution in [0.1, 0.15) is 5.76 Å². The van der Waals surface area contributed by atoms with Crippen molar-refractivity contribution in [2.45, 2.75) is 13.0 Å². The fourth-order valence-electron chi connectivity index (χ4n) is 1.19. The SMILES string of the molecule is OCCN(Cc1ccco1)CC(F)F. The molecule has 0 aromatic carbocycles. The molecule has 1 aromatic heterocycles. The fourth-order valence-corrected chi connectivity index (χ4v) is 1.19. The van der Waals surface area contributed by atoms with Gasteiger partial charge in [-0.1, -0.05) is 0 Å². The monoisotopic (exact) mass is 205 g/mol. The van der Waals surface area contributed by atoms with Gasteiger partial charge >= 0.3 is 0 Å². The molecule has 80 valence electrons. The fraction of sp³-hybridized carbons (Fsp3) is 0.556. The topological polar surface area (TPSA) is 36.6 Å². The number of aliphatic hydroxyl groups excluding tert-OH is 1. The van der Waals surface area contributed by atoms with Gasteiger partial charge in [0.15, 0.2) is 0 Å². The summed E-state index contributed by atoms with van der Waals surface area (Å²) in [6.07, 6.45) is -0.897. The largest absolute Gasteiger partial charge is 0.468 e. The first kappa shape index (κ1) is 11.1. The van der Waals surface area contributed by atoms with Gasteiger partial charge in [0.05, 0.1) is 26.0 Å². The highest BCUT2D eigenvalue weighted by Gasteiger charge is 2.12. The van der Waals surface area contributed by atoms with Crippen molar-refractivity contribution in [1.82, 2.24) is 4.90 Å². The Hall–Kier alpha value is -0.940. The maximum atomic E-state index is 12.1. The Morgan fingerprint density at radius 1 is 1.50 bits per heavy atom. The molecule has 0 saturated carbocycles. The molecule has 1 aromatic rings. The standard InChI is InChI=1S/C9H13F2NO2/c10-9(11)7-12(3-4-13)6-8-2-1-5-14-8/h1-2,5,9,13H,3-4,6-7H2. The van der Waals surface area contributed by atoms with E-state index >= 15 is 0 Å². The lowest BCUT2D eigenvalue weighted by Gasteiger charge is -2.19. The van der Waals surface area contributed by atoms with Crippen molar-refractivity contribution in [1.29, 1.82) is 0 Å². The van der Waals surface area contributed by atoms with Crippen LogP contribution < -0.4 is 0 Å². The van der Waals surface area contributed by atoms with Crippen molar-refractivity contribution in [3.63, 3.8) is 0 Å². The van der Waals surface area contributed by atoms with Crippen molar-refractivity contribution in [2.75, 3.05) is 19.7 Å². The molecule has 0 aliphatic carbocycles. The number of furan rings is 1. The summed E-state index contributed by atoms with van der Waals surface area (Å²) in [6, 6.07) is 3.42. The lowest BCUT2D eigenvalue weighted by atomic mass is 10.4. The van der Waals surface area contributed by atoms with E-state index in [2.05, 4.69) is 0 Å². The third-order valence-electron chi connectivity index (χ3n) is 1.77. The predicted octanol–water partition coefficient (Wildman–Crippen LogP) is 1.34. The zero-order chi connectivity index (χ0) is 10.4. The Balaban J connectivity index is 2.42.